The van der Waals surface area contributed by atoms with Gasteiger partial charge in [-0.25, -0.2) is 4.98 Å². The van der Waals surface area contributed by atoms with Gasteiger partial charge in [0.05, 0.1) is 16.7 Å². The summed E-state index contributed by atoms with van der Waals surface area (Å²) < 4.78 is 69.6. The molecule has 0 aliphatic carbocycles. The van der Waals surface area contributed by atoms with E-state index in [4.69, 9.17) is 0 Å². The van der Waals surface area contributed by atoms with Gasteiger partial charge in [-0.1, -0.05) is 24.3 Å². The number of amides is 1. The van der Waals surface area contributed by atoms with Gasteiger partial charge in [0.25, 0.3) is 0 Å². The Balaban J connectivity index is 1.89. The SMILES string of the molecule is O=C(Cn1c(C(F)(F)F)nc2ccccc21)Nc1ccccc1OC(F)F. The fourth-order valence-corrected chi connectivity index (χ4v) is 2.55. The number of benzene rings is 2. The predicted molar refractivity (Wildman–Crippen MR) is 86.4 cm³/mol. The number of rotatable bonds is 5. The van der Waals surface area contributed by atoms with Gasteiger partial charge in [-0.3, -0.25) is 4.79 Å². The highest BCUT2D eigenvalue weighted by atomic mass is 19.4. The molecule has 0 aliphatic heterocycles. The largest absolute Gasteiger partial charge is 0.449 e. The van der Waals surface area contributed by atoms with Crippen LogP contribution in [0.15, 0.2) is 48.5 Å². The maximum atomic E-state index is 13.3. The highest BCUT2D eigenvalue weighted by Crippen LogP contribution is 2.32. The molecule has 1 amide bonds. The molecular weight excluding hydrogens is 373 g/mol. The maximum Gasteiger partial charge on any atom is 0.449 e. The van der Waals surface area contributed by atoms with Gasteiger partial charge >= 0.3 is 12.8 Å². The van der Waals surface area contributed by atoms with E-state index in [1.165, 1.54) is 48.5 Å². The van der Waals surface area contributed by atoms with E-state index in [1.54, 1.807) is 0 Å². The van der Waals surface area contributed by atoms with Crippen molar-refractivity contribution in [2.75, 3.05) is 5.32 Å². The lowest BCUT2D eigenvalue weighted by Crippen LogP contribution is -2.23. The summed E-state index contributed by atoms with van der Waals surface area (Å²) in [5.74, 6) is -2.38. The number of alkyl halides is 5. The number of hydrogen-bond acceptors (Lipinski definition) is 3. The third kappa shape index (κ3) is 4.15. The minimum Gasteiger partial charge on any atom is -0.433 e. The number of fused-ring (bicyclic) bond motifs is 1. The molecule has 1 aromatic heterocycles. The first-order valence-electron chi connectivity index (χ1n) is 7.62. The molecule has 10 heteroatoms. The normalized spacial score (nSPS) is 11.8. The summed E-state index contributed by atoms with van der Waals surface area (Å²) in [6, 6.07) is 11.2. The van der Waals surface area contributed by atoms with Crippen molar-refractivity contribution in [2.45, 2.75) is 19.3 Å². The molecule has 0 aliphatic rings. The molecule has 142 valence electrons. The van der Waals surface area contributed by atoms with Crippen LogP contribution in [0.3, 0.4) is 0 Å². The lowest BCUT2D eigenvalue weighted by Gasteiger charge is -2.14. The van der Waals surface area contributed by atoms with Gasteiger partial charge in [0.1, 0.15) is 12.3 Å². The van der Waals surface area contributed by atoms with E-state index in [9.17, 15) is 26.7 Å². The lowest BCUT2D eigenvalue weighted by molar-refractivity contribution is -0.147. The second-order valence-electron chi connectivity index (χ2n) is 5.43. The molecule has 0 saturated carbocycles. The van der Waals surface area contributed by atoms with Gasteiger partial charge < -0.3 is 14.6 Å². The third-order valence-corrected chi connectivity index (χ3v) is 3.59. The highest BCUT2D eigenvalue weighted by molar-refractivity contribution is 5.93. The molecule has 0 radical (unpaired) electrons. The number of nitrogens with one attached hydrogen (secondary N) is 1. The van der Waals surface area contributed by atoms with Crippen LogP contribution in [0.5, 0.6) is 5.75 Å². The van der Waals surface area contributed by atoms with Gasteiger partial charge in [-0.15, -0.1) is 0 Å². The number of aromatic nitrogens is 2. The van der Waals surface area contributed by atoms with Crippen LogP contribution in [-0.2, 0) is 17.5 Å². The maximum absolute atomic E-state index is 13.3. The van der Waals surface area contributed by atoms with E-state index in [1.807, 2.05) is 0 Å². The Morgan fingerprint density at radius 3 is 2.48 bits per heavy atom. The monoisotopic (exact) mass is 385 g/mol. The molecule has 0 unspecified atom stereocenters. The van der Waals surface area contributed by atoms with Crippen molar-refractivity contribution in [3.63, 3.8) is 0 Å². The van der Waals surface area contributed by atoms with E-state index in [2.05, 4.69) is 15.0 Å². The summed E-state index contributed by atoms with van der Waals surface area (Å²) in [5, 5.41) is 2.28. The fourth-order valence-electron chi connectivity index (χ4n) is 2.55. The van der Waals surface area contributed by atoms with Crippen molar-refractivity contribution in [2.24, 2.45) is 0 Å². The Morgan fingerprint density at radius 2 is 1.78 bits per heavy atom. The average Bonchev–Trinajstić information content (AvgIpc) is 2.95. The molecule has 3 aromatic rings. The Hall–Kier alpha value is -3.17. The van der Waals surface area contributed by atoms with Crippen molar-refractivity contribution < 1.29 is 31.5 Å². The smallest absolute Gasteiger partial charge is 0.433 e. The van der Waals surface area contributed by atoms with E-state index in [0.717, 1.165) is 4.57 Å². The van der Waals surface area contributed by atoms with Crippen molar-refractivity contribution >= 4 is 22.6 Å². The van der Waals surface area contributed by atoms with E-state index in [0.29, 0.717) is 0 Å². The Bertz CT molecular complexity index is 969. The number of ether oxygens (including phenoxy) is 1. The molecular formula is C17H12F5N3O2. The standard InChI is InChI=1S/C17H12F5N3O2/c18-16(19)27-13-8-4-2-6-11(13)23-14(26)9-25-12-7-3-1-5-10(12)24-15(25)17(20,21)22/h1-8,16H,9H2,(H,23,26). The van der Waals surface area contributed by atoms with Crippen molar-refractivity contribution in [1.29, 1.82) is 0 Å². The van der Waals surface area contributed by atoms with Crippen LogP contribution >= 0.6 is 0 Å². The zero-order chi connectivity index (χ0) is 19.6. The Kier molecular flexibility index (Phi) is 4.98. The molecule has 5 nitrogen and oxygen atoms in total. The van der Waals surface area contributed by atoms with Crippen LogP contribution in [0, 0.1) is 0 Å². The van der Waals surface area contributed by atoms with Crippen LogP contribution < -0.4 is 10.1 Å². The number of halogens is 5. The van der Waals surface area contributed by atoms with Crippen LogP contribution in [0.1, 0.15) is 5.82 Å². The molecule has 0 atom stereocenters. The molecule has 27 heavy (non-hydrogen) atoms. The molecule has 0 spiro atoms. The second-order valence-corrected chi connectivity index (χ2v) is 5.43. The first kappa shape index (κ1) is 18.6. The van der Waals surface area contributed by atoms with Crippen molar-refractivity contribution in [1.82, 2.24) is 9.55 Å². The zero-order valence-corrected chi connectivity index (χ0v) is 13.5. The highest BCUT2D eigenvalue weighted by Gasteiger charge is 2.38. The van der Waals surface area contributed by atoms with Gasteiger partial charge in [0.2, 0.25) is 11.7 Å². The second kappa shape index (κ2) is 7.22. The van der Waals surface area contributed by atoms with Crippen molar-refractivity contribution in [3.8, 4) is 5.75 Å². The van der Waals surface area contributed by atoms with Crippen LogP contribution in [0.25, 0.3) is 11.0 Å². The predicted octanol–water partition coefficient (Wildman–Crippen LogP) is 4.30. The lowest BCUT2D eigenvalue weighted by atomic mass is 10.3. The van der Waals surface area contributed by atoms with Crippen molar-refractivity contribution in [3.05, 3.63) is 54.4 Å². The minimum atomic E-state index is -4.77. The number of nitrogens with zero attached hydrogens (tertiary/aromatic N) is 2. The first-order chi connectivity index (χ1) is 12.8. The number of anilines is 1. The van der Waals surface area contributed by atoms with E-state index in [-0.39, 0.29) is 22.5 Å². The summed E-state index contributed by atoms with van der Waals surface area (Å²) in [6.45, 7) is -3.82. The zero-order valence-electron chi connectivity index (χ0n) is 13.5. The van der Waals surface area contributed by atoms with Crippen LogP contribution in [0.2, 0.25) is 0 Å². The number of hydrogen-bond donors (Lipinski definition) is 1. The summed E-state index contributed by atoms with van der Waals surface area (Å²) in [6.07, 6.45) is -4.77. The number of imidazole rings is 1. The molecule has 1 heterocycles. The summed E-state index contributed by atoms with van der Waals surface area (Å²) in [7, 11) is 0. The minimum absolute atomic E-state index is 0.0825. The van der Waals surface area contributed by atoms with E-state index >= 15 is 0 Å². The number of carbonyl (C=O) groups excluding carboxylic acids is 1. The average molecular weight is 385 g/mol. The molecule has 2 aromatic carbocycles. The molecule has 3 rings (SSSR count). The summed E-state index contributed by atoms with van der Waals surface area (Å²) >= 11 is 0. The summed E-state index contributed by atoms with van der Waals surface area (Å²) in [4.78, 5) is 15.8. The van der Waals surface area contributed by atoms with Gasteiger partial charge in [-0.2, -0.15) is 22.0 Å². The molecule has 0 bridgehead atoms. The van der Waals surface area contributed by atoms with Gasteiger partial charge in [0, 0.05) is 0 Å². The third-order valence-electron chi connectivity index (χ3n) is 3.59. The quantitative estimate of drug-likeness (QED) is 0.667. The fraction of sp³-hybridized carbons (Fsp3) is 0.176. The topological polar surface area (TPSA) is 56.2 Å². The van der Waals surface area contributed by atoms with Gasteiger partial charge in [0.15, 0.2) is 0 Å². The van der Waals surface area contributed by atoms with E-state index < -0.39 is 31.1 Å². The van der Waals surface area contributed by atoms with Crippen LogP contribution in [-0.4, -0.2) is 22.1 Å². The molecule has 0 fully saturated rings. The first-order valence-corrected chi connectivity index (χ1v) is 7.62. The molecule has 0 saturated heterocycles. The number of para-hydroxylation sites is 4. The van der Waals surface area contributed by atoms with Gasteiger partial charge in [-0.05, 0) is 24.3 Å². The number of carbonyl (C=O) groups is 1. The van der Waals surface area contributed by atoms with Crippen LogP contribution in [0.4, 0.5) is 27.6 Å². The molecule has 1 N–H and O–H groups in total. The summed E-state index contributed by atoms with van der Waals surface area (Å²) in [5.41, 5.74) is 0.122. The Morgan fingerprint density at radius 1 is 1.11 bits per heavy atom. The Labute approximate surface area is 149 Å².